The number of aliphatic imine (C=N–C) groups is 1. The van der Waals surface area contributed by atoms with Crippen LogP contribution in [0, 0.1) is 17.6 Å². The number of aromatic nitrogens is 5. The summed E-state index contributed by atoms with van der Waals surface area (Å²) < 4.78 is 29.3. The van der Waals surface area contributed by atoms with E-state index in [4.69, 9.17) is 11.5 Å². The summed E-state index contributed by atoms with van der Waals surface area (Å²) in [6.45, 7) is 2.27. The van der Waals surface area contributed by atoms with E-state index in [0.717, 1.165) is 6.07 Å². The fourth-order valence-electron chi connectivity index (χ4n) is 3.72. The van der Waals surface area contributed by atoms with Crippen LogP contribution in [-0.2, 0) is 7.05 Å². The summed E-state index contributed by atoms with van der Waals surface area (Å²) in [5.41, 5.74) is 12.1. The van der Waals surface area contributed by atoms with Gasteiger partial charge in [0.2, 0.25) is 5.95 Å². The number of benzene rings is 1. The standard InChI is InChI=1S/C19H21F2N9O/c1-9-3-4-10(8-30(9)18(31)14-7-24-28-29(14)2)16(22)26-17-12-5-11(20)6-13(21)15(12)25-19(23)27-17/h5-7,9-10H,3-4,8H2,1-2H3,(H4,22,23,25,26,27)/t9-,10+/m0/s1. The zero-order valence-electron chi connectivity index (χ0n) is 17.0. The highest BCUT2D eigenvalue weighted by molar-refractivity contribution is 5.95. The highest BCUT2D eigenvalue weighted by Gasteiger charge is 2.32. The molecule has 2 aromatic heterocycles. The minimum atomic E-state index is -0.868. The maximum atomic E-state index is 14.1. The molecule has 1 aliphatic rings. The summed E-state index contributed by atoms with van der Waals surface area (Å²) >= 11 is 0. The van der Waals surface area contributed by atoms with Crippen molar-refractivity contribution in [2.24, 2.45) is 23.7 Å². The second kappa shape index (κ2) is 7.85. The maximum absolute atomic E-state index is 14.1. The number of amides is 1. The molecule has 10 nitrogen and oxygen atoms in total. The van der Waals surface area contributed by atoms with Crippen LogP contribution < -0.4 is 11.5 Å². The third kappa shape index (κ3) is 3.88. The van der Waals surface area contributed by atoms with E-state index in [0.29, 0.717) is 31.1 Å². The van der Waals surface area contributed by atoms with Gasteiger partial charge in [-0.3, -0.25) is 4.79 Å². The Hall–Kier alpha value is -3.70. The van der Waals surface area contributed by atoms with Gasteiger partial charge in [0.1, 0.15) is 22.9 Å². The first-order valence-electron chi connectivity index (χ1n) is 9.66. The van der Waals surface area contributed by atoms with E-state index in [1.54, 1.807) is 11.9 Å². The van der Waals surface area contributed by atoms with Crippen LogP contribution in [0.25, 0.3) is 10.9 Å². The zero-order valence-corrected chi connectivity index (χ0v) is 17.0. The lowest BCUT2D eigenvalue weighted by atomic mass is 9.92. The van der Waals surface area contributed by atoms with Crippen molar-refractivity contribution in [3.8, 4) is 0 Å². The number of nitrogens with two attached hydrogens (primary N) is 2. The predicted octanol–water partition coefficient (Wildman–Crippen LogP) is 1.55. The molecule has 1 saturated heterocycles. The van der Waals surface area contributed by atoms with Gasteiger partial charge in [0.25, 0.3) is 5.91 Å². The summed E-state index contributed by atoms with van der Waals surface area (Å²) in [5.74, 6) is -2.18. The molecule has 1 aromatic carbocycles. The Balaban J connectivity index is 1.66. The normalized spacial score (nSPS) is 19.7. The van der Waals surface area contributed by atoms with Gasteiger partial charge in [-0.15, -0.1) is 5.10 Å². The molecule has 0 radical (unpaired) electrons. The first-order valence-corrected chi connectivity index (χ1v) is 9.66. The van der Waals surface area contributed by atoms with Crippen LogP contribution in [0.15, 0.2) is 23.3 Å². The summed E-state index contributed by atoms with van der Waals surface area (Å²) in [6.07, 6.45) is 2.80. The molecule has 0 unspecified atom stereocenters. The summed E-state index contributed by atoms with van der Waals surface area (Å²) in [4.78, 5) is 26.8. The fourth-order valence-corrected chi connectivity index (χ4v) is 3.72. The average molecular weight is 429 g/mol. The zero-order chi connectivity index (χ0) is 22.3. The molecule has 0 spiro atoms. The van der Waals surface area contributed by atoms with Gasteiger partial charge in [0, 0.05) is 31.6 Å². The van der Waals surface area contributed by atoms with Crippen molar-refractivity contribution < 1.29 is 13.6 Å². The van der Waals surface area contributed by atoms with Crippen molar-refractivity contribution >= 4 is 34.4 Å². The van der Waals surface area contributed by atoms with E-state index in [9.17, 15) is 13.6 Å². The van der Waals surface area contributed by atoms with Crippen molar-refractivity contribution in [1.29, 1.82) is 0 Å². The van der Waals surface area contributed by atoms with E-state index in [1.165, 1.54) is 10.9 Å². The molecule has 4 rings (SSSR count). The predicted molar refractivity (Wildman–Crippen MR) is 109 cm³/mol. The third-order valence-corrected chi connectivity index (χ3v) is 5.45. The van der Waals surface area contributed by atoms with E-state index in [1.807, 2.05) is 6.92 Å². The van der Waals surface area contributed by atoms with Crippen LogP contribution >= 0.6 is 0 Å². The molecular formula is C19H21F2N9O. The van der Waals surface area contributed by atoms with Crippen LogP contribution in [0.4, 0.5) is 20.5 Å². The number of rotatable bonds is 3. The first-order chi connectivity index (χ1) is 14.7. The van der Waals surface area contributed by atoms with Gasteiger partial charge >= 0.3 is 0 Å². The molecule has 1 aliphatic heterocycles. The minimum absolute atomic E-state index is 0.00910. The molecule has 162 valence electrons. The van der Waals surface area contributed by atoms with E-state index in [2.05, 4.69) is 25.3 Å². The Labute approximate surface area is 176 Å². The van der Waals surface area contributed by atoms with Gasteiger partial charge in [-0.1, -0.05) is 5.21 Å². The van der Waals surface area contributed by atoms with Crippen molar-refractivity contribution in [1.82, 2.24) is 29.9 Å². The molecule has 31 heavy (non-hydrogen) atoms. The Morgan fingerprint density at radius 1 is 1.26 bits per heavy atom. The second-order valence-corrected chi connectivity index (χ2v) is 7.55. The number of nitrogen functional groups attached to an aromatic ring is 1. The van der Waals surface area contributed by atoms with Crippen LogP contribution in [-0.4, -0.2) is 54.2 Å². The van der Waals surface area contributed by atoms with E-state index in [-0.39, 0.29) is 46.4 Å². The smallest absolute Gasteiger partial charge is 0.274 e. The lowest BCUT2D eigenvalue weighted by Gasteiger charge is -2.37. The molecule has 12 heteroatoms. The average Bonchev–Trinajstić information content (AvgIpc) is 3.14. The molecule has 4 N–H and O–H groups in total. The Bertz CT molecular complexity index is 1190. The number of nitrogens with zero attached hydrogens (tertiary/aromatic N) is 7. The summed E-state index contributed by atoms with van der Waals surface area (Å²) in [7, 11) is 1.64. The summed E-state index contributed by atoms with van der Waals surface area (Å²) in [6, 6.07) is 1.79. The number of amidine groups is 1. The van der Waals surface area contributed by atoms with Gasteiger partial charge in [0.15, 0.2) is 11.6 Å². The van der Waals surface area contributed by atoms with E-state index >= 15 is 0 Å². The first kappa shape index (κ1) is 20.6. The monoisotopic (exact) mass is 429 g/mol. The molecule has 2 atom stereocenters. The van der Waals surface area contributed by atoms with Gasteiger partial charge in [0.05, 0.1) is 11.6 Å². The van der Waals surface area contributed by atoms with Gasteiger partial charge in [-0.05, 0) is 25.8 Å². The molecule has 1 fully saturated rings. The summed E-state index contributed by atoms with van der Waals surface area (Å²) in [5, 5.41) is 7.62. The number of anilines is 1. The van der Waals surface area contributed by atoms with E-state index < -0.39 is 11.6 Å². The molecule has 3 heterocycles. The molecule has 0 aliphatic carbocycles. The Morgan fingerprint density at radius 2 is 2.03 bits per heavy atom. The molecule has 1 amide bonds. The van der Waals surface area contributed by atoms with Crippen molar-refractivity contribution in [3.63, 3.8) is 0 Å². The Kier molecular flexibility index (Phi) is 5.21. The number of carbonyl (C=O) groups excluding carboxylic acids is 1. The van der Waals surface area contributed by atoms with Gasteiger partial charge in [-0.25, -0.2) is 23.4 Å². The number of aryl methyl sites for hydroxylation is 1. The number of fused-ring (bicyclic) bond motifs is 1. The number of piperidine rings is 1. The second-order valence-electron chi connectivity index (χ2n) is 7.55. The van der Waals surface area contributed by atoms with Crippen molar-refractivity contribution in [2.75, 3.05) is 12.3 Å². The molecule has 0 saturated carbocycles. The van der Waals surface area contributed by atoms with Gasteiger partial charge < -0.3 is 16.4 Å². The minimum Gasteiger partial charge on any atom is -0.387 e. The number of hydrogen-bond acceptors (Lipinski definition) is 7. The van der Waals surface area contributed by atoms with Crippen molar-refractivity contribution in [2.45, 2.75) is 25.8 Å². The molecule has 3 aromatic rings. The molecular weight excluding hydrogens is 408 g/mol. The fraction of sp³-hybridized carbons (Fsp3) is 0.368. The maximum Gasteiger partial charge on any atom is 0.274 e. The lowest BCUT2D eigenvalue weighted by Crippen LogP contribution is -2.49. The highest BCUT2D eigenvalue weighted by atomic mass is 19.1. The third-order valence-electron chi connectivity index (χ3n) is 5.45. The van der Waals surface area contributed by atoms with Crippen LogP contribution in [0.2, 0.25) is 0 Å². The lowest BCUT2D eigenvalue weighted by molar-refractivity contribution is 0.0592. The SMILES string of the molecule is C[C@H]1CC[C@@H](C(N)=Nc2nc(N)nc3c(F)cc(F)cc23)CN1C(=O)c1cnnn1C. The van der Waals surface area contributed by atoms with Crippen LogP contribution in [0.5, 0.6) is 0 Å². The van der Waals surface area contributed by atoms with Crippen LogP contribution in [0.1, 0.15) is 30.3 Å². The van der Waals surface area contributed by atoms with Crippen LogP contribution in [0.3, 0.4) is 0 Å². The largest absolute Gasteiger partial charge is 0.387 e. The van der Waals surface area contributed by atoms with Gasteiger partial charge in [-0.2, -0.15) is 4.98 Å². The number of hydrogen-bond donors (Lipinski definition) is 2. The topological polar surface area (TPSA) is 141 Å². The highest BCUT2D eigenvalue weighted by Crippen LogP contribution is 2.29. The van der Waals surface area contributed by atoms with Crippen molar-refractivity contribution in [3.05, 3.63) is 35.7 Å². The quantitative estimate of drug-likeness (QED) is 0.475. The number of carbonyl (C=O) groups is 1. The Morgan fingerprint density at radius 3 is 2.74 bits per heavy atom. The number of halogens is 2. The molecule has 0 bridgehead atoms. The number of likely N-dealkylation sites (tertiary alicyclic amines) is 1.